The first-order valence-electron chi connectivity index (χ1n) is 10.5. The zero-order valence-electron chi connectivity index (χ0n) is 16.7. The number of rotatable bonds is 4. The third-order valence-electron chi connectivity index (χ3n) is 7.22. The first kappa shape index (κ1) is 18.9. The highest BCUT2D eigenvalue weighted by Gasteiger charge is 2.53. The van der Waals surface area contributed by atoms with Crippen molar-refractivity contribution in [3.63, 3.8) is 0 Å². The summed E-state index contributed by atoms with van der Waals surface area (Å²) in [6, 6.07) is 8.60. The van der Waals surface area contributed by atoms with Gasteiger partial charge >= 0.3 is 0 Å². The molecular weight excluding hydrogens is 338 g/mol. The fourth-order valence-electron chi connectivity index (χ4n) is 5.47. The molecule has 5 nitrogen and oxygen atoms in total. The Morgan fingerprint density at radius 3 is 2.52 bits per heavy atom. The summed E-state index contributed by atoms with van der Waals surface area (Å²) in [7, 11) is 2.10. The minimum absolute atomic E-state index is 0.0538. The monoisotopic (exact) mass is 371 g/mol. The molecule has 0 radical (unpaired) electrons. The number of fused-ring (bicyclic) bond motifs is 2. The molecule has 5 heteroatoms. The van der Waals surface area contributed by atoms with Crippen molar-refractivity contribution in [2.75, 3.05) is 46.3 Å². The average molecular weight is 372 g/mol. The van der Waals surface area contributed by atoms with E-state index in [-0.39, 0.29) is 17.4 Å². The predicted octanol–water partition coefficient (Wildman–Crippen LogP) is 2.01. The van der Waals surface area contributed by atoms with Crippen LogP contribution in [0, 0.1) is 0 Å². The standard InChI is InChI=1S/C22H33N3O2/c1-3-23(2)20-17-8-4-5-9-18(17)22(21(20)27)10-14-25(15-11-22)19(26)16-24-12-6-7-13-24/h4-5,8-9,20-21,27H,3,6-7,10-16H2,1-2H3/t20-,21+/m1/s1. The summed E-state index contributed by atoms with van der Waals surface area (Å²) >= 11 is 0. The second kappa shape index (κ2) is 7.53. The maximum atomic E-state index is 12.7. The SMILES string of the molecule is CCN(C)[C@@H]1c2ccccc2C2(CCN(C(=O)CN3CCCC3)CC2)[C@H]1O. The van der Waals surface area contributed by atoms with E-state index in [1.807, 2.05) is 4.90 Å². The van der Waals surface area contributed by atoms with Crippen LogP contribution in [-0.4, -0.2) is 78.1 Å². The lowest BCUT2D eigenvalue weighted by Gasteiger charge is -2.43. The zero-order chi connectivity index (χ0) is 19.0. The third-order valence-corrected chi connectivity index (χ3v) is 7.22. The molecule has 0 saturated carbocycles. The number of aliphatic hydroxyl groups excluding tert-OH is 1. The summed E-state index contributed by atoms with van der Waals surface area (Å²) in [4.78, 5) is 19.3. The highest BCUT2D eigenvalue weighted by Crippen LogP contribution is 2.52. The Morgan fingerprint density at radius 1 is 1.19 bits per heavy atom. The lowest BCUT2D eigenvalue weighted by molar-refractivity contribution is -0.134. The lowest BCUT2D eigenvalue weighted by atomic mass is 9.72. The number of likely N-dealkylation sites (tertiary alicyclic amines) is 2. The molecule has 3 aliphatic rings. The van der Waals surface area contributed by atoms with Gasteiger partial charge in [-0.2, -0.15) is 0 Å². The molecular formula is C22H33N3O2. The number of hydrogen-bond acceptors (Lipinski definition) is 4. The number of piperidine rings is 1. The maximum Gasteiger partial charge on any atom is 0.236 e. The Hall–Kier alpha value is -1.43. The van der Waals surface area contributed by atoms with Crippen LogP contribution in [0.4, 0.5) is 0 Å². The summed E-state index contributed by atoms with van der Waals surface area (Å²) in [6.45, 7) is 7.22. The Kier molecular flexibility index (Phi) is 5.28. The van der Waals surface area contributed by atoms with Crippen molar-refractivity contribution in [1.29, 1.82) is 0 Å². The van der Waals surface area contributed by atoms with Crippen LogP contribution in [0.25, 0.3) is 0 Å². The Bertz CT molecular complexity index is 678. The maximum absolute atomic E-state index is 12.7. The van der Waals surface area contributed by atoms with Gasteiger partial charge in [0.1, 0.15) is 0 Å². The van der Waals surface area contributed by atoms with E-state index in [1.165, 1.54) is 24.0 Å². The van der Waals surface area contributed by atoms with Gasteiger partial charge in [0.05, 0.1) is 18.7 Å². The van der Waals surface area contributed by atoms with Crippen LogP contribution in [0.1, 0.15) is 49.8 Å². The minimum Gasteiger partial charge on any atom is -0.390 e. The zero-order valence-corrected chi connectivity index (χ0v) is 16.7. The molecule has 1 N–H and O–H groups in total. The molecule has 1 amide bonds. The van der Waals surface area contributed by atoms with E-state index >= 15 is 0 Å². The molecule has 2 saturated heterocycles. The van der Waals surface area contributed by atoms with Gasteiger partial charge in [-0.1, -0.05) is 31.2 Å². The number of likely N-dealkylation sites (N-methyl/N-ethyl adjacent to an activating group) is 1. The second-order valence-electron chi connectivity index (χ2n) is 8.57. The van der Waals surface area contributed by atoms with Gasteiger partial charge in [0.15, 0.2) is 0 Å². The molecule has 27 heavy (non-hydrogen) atoms. The molecule has 148 valence electrons. The van der Waals surface area contributed by atoms with E-state index in [2.05, 4.69) is 48.0 Å². The van der Waals surface area contributed by atoms with Crippen molar-refractivity contribution < 1.29 is 9.90 Å². The lowest BCUT2D eigenvalue weighted by Crippen LogP contribution is -2.52. The number of hydrogen-bond donors (Lipinski definition) is 1. The van der Waals surface area contributed by atoms with Crippen LogP contribution in [0.2, 0.25) is 0 Å². The summed E-state index contributed by atoms with van der Waals surface area (Å²) in [5.41, 5.74) is 2.36. The number of amides is 1. The fourth-order valence-corrected chi connectivity index (χ4v) is 5.47. The van der Waals surface area contributed by atoms with Crippen molar-refractivity contribution in [2.45, 2.75) is 50.2 Å². The van der Waals surface area contributed by atoms with E-state index in [0.717, 1.165) is 45.6 Å². The Labute approximate surface area is 162 Å². The van der Waals surface area contributed by atoms with Crippen LogP contribution in [0.5, 0.6) is 0 Å². The van der Waals surface area contributed by atoms with Gasteiger partial charge < -0.3 is 10.0 Å². The van der Waals surface area contributed by atoms with Crippen LogP contribution < -0.4 is 0 Å². The highest BCUT2D eigenvalue weighted by molar-refractivity contribution is 5.78. The normalized spacial score (nSPS) is 27.5. The highest BCUT2D eigenvalue weighted by atomic mass is 16.3. The molecule has 1 spiro atoms. The molecule has 2 atom stereocenters. The van der Waals surface area contributed by atoms with Gasteiger partial charge in [-0.25, -0.2) is 0 Å². The minimum atomic E-state index is -0.407. The third kappa shape index (κ3) is 3.20. The smallest absolute Gasteiger partial charge is 0.236 e. The van der Waals surface area contributed by atoms with Crippen molar-refractivity contribution in [3.05, 3.63) is 35.4 Å². The van der Waals surface area contributed by atoms with Crippen LogP contribution >= 0.6 is 0 Å². The van der Waals surface area contributed by atoms with Crippen LogP contribution in [-0.2, 0) is 10.2 Å². The van der Waals surface area contributed by atoms with E-state index in [0.29, 0.717) is 6.54 Å². The van der Waals surface area contributed by atoms with Crippen LogP contribution in [0.3, 0.4) is 0 Å². The molecule has 1 aromatic carbocycles. The molecule has 4 rings (SSSR count). The first-order valence-corrected chi connectivity index (χ1v) is 10.5. The molecule has 2 fully saturated rings. The van der Waals surface area contributed by atoms with Crippen molar-refractivity contribution in [2.24, 2.45) is 0 Å². The summed E-state index contributed by atoms with van der Waals surface area (Å²) in [6.07, 6.45) is 3.73. The Balaban J connectivity index is 1.50. The molecule has 1 aliphatic carbocycles. The largest absolute Gasteiger partial charge is 0.390 e. The molecule has 2 heterocycles. The molecule has 0 bridgehead atoms. The molecule has 0 aromatic heterocycles. The van der Waals surface area contributed by atoms with Gasteiger partial charge in [-0.3, -0.25) is 14.6 Å². The van der Waals surface area contributed by atoms with Gasteiger partial charge in [-0.05, 0) is 63.5 Å². The Morgan fingerprint density at radius 2 is 1.85 bits per heavy atom. The van der Waals surface area contributed by atoms with Crippen molar-refractivity contribution in [3.8, 4) is 0 Å². The number of nitrogens with zero attached hydrogens (tertiary/aromatic N) is 3. The quantitative estimate of drug-likeness (QED) is 0.880. The van der Waals surface area contributed by atoms with E-state index in [4.69, 9.17) is 0 Å². The number of carbonyl (C=O) groups excluding carboxylic acids is 1. The number of carbonyl (C=O) groups is 1. The van der Waals surface area contributed by atoms with E-state index < -0.39 is 6.10 Å². The van der Waals surface area contributed by atoms with Gasteiger partial charge in [-0.15, -0.1) is 0 Å². The van der Waals surface area contributed by atoms with Gasteiger partial charge in [0.2, 0.25) is 5.91 Å². The van der Waals surface area contributed by atoms with Gasteiger partial charge in [0.25, 0.3) is 0 Å². The summed E-state index contributed by atoms with van der Waals surface area (Å²) in [5, 5.41) is 11.4. The number of benzene rings is 1. The van der Waals surface area contributed by atoms with Crippen molar-refractivity contribution >= 4 is 5.91 Å². The topological polar surface area (TPSA) is 47.0 Å². The fraction of sp³-hybridized carbons (Fsp3) is 0.682. The summed E-state index contributed by atoms with van der Waals surface area (Å²) in [5.74, 6) is 0.259. The number of aliphatic hydroxyl groups is 1. The van der Waals surface area contributed by atoms with E-state index in [9.17, 15) is 9.90 Å². The summed E-state index contributed by atoms with van der Waals surface area (Å²) < 4.78 is 0. The molecule has 0 unspecified atom stereocenters. The first-order chi connectivity index (χ1) is 13.1. The molecule has 1 aromatic rings. The second-order valence-corrected chi connectivity index (χ2v) is 8.57. The average Bonchev–Trinajstić information content (AvgIpc) is 3.28. The molecule has 2 aliphatic heterocycles. The van der Waals surface area contributed by atoms with Crippen LogP contribution in [0.15, 0.2) is 24.3 Å². The predicted molar refractivity (Wildman–Crippen MR) is 107 cm³/mol. The van der Waals surface area contributed by atoms with Crippen molar-refractivity contribution in [1.82, 2.24) is 14.7 Å². The van der Waals surface area contributed by atoms with E-state index in [1.54, 1.807) is 0 Å². The van der Waals surface area contributed by atoms with Gasteiger partial charge in [0, 0.05) is 18.5 Å².